The lowest BCUT2D eigenvalue weighted by atomic mass is 9.96. The van der Waals surface area contributed by atoms with Gasteiger partial charge in [0.2, 0.25) is 0 Å². The molecule has 0 bridgehead atoms. The number of hydrogen-bond donors (Lipinski definition) is 1. The van der Waals surface area contributed by atoms with E-state index in [9.17, 15) is 5.11 Å². The number of hydrogen-bond acceptors (Lipinski definition) is 2. The van der Waals surface area contributed by atoms with Crippen LogP contribution < -0.4 is 0 Å². The third kappa shape index (κ3) is 1.32. The van der Waals surface area contributed by atoms with Crippen LogP contribution >= 0.6 is 0 Å². The lowest BCUT2D eigenvalue weighted by Gasteiger charge is -2.39. The van der Waals surface area contributed by atoms with Crippen molar-refractivity contribution in [1.29, 1.82) is 0 Å². The molecule has 1 heterocycles. The average Bonchev–Trinajstić information content (AvgIpc) is 1.93. The standard InChI is InChI=1S/C8H17NO/c1-6-4-5-8(10)7(2)9(6)3/h6-8,10H,4-5H2,1-3H3. The lowest BCUT2D eigenvalue weighted by Crippen LogP contribution is -2.48. The van der Waals surface area contributed by atoms with Gasteiger partial charge in [-0.25, -0.2) is 0 Å². The largest absolute Gasteiger partial charge is 0.392 e. The molecule has 1 fully saturated rings. The van der Waals surface area contributed by atoms with Crippen LogP contribution in [0.15, 0.2) is 0 Å². The fourth-order valence-electron chi connectivity index (χ4n) is 1.53. The summed E-state index contributed by atoms with van der Waals surface area (Å²) in [6.45, 7) is 4.29. The zero-order chi connectivity index (χ0) is 7.72. The maximum absolute atomic E-state index is 9.42. The van der Waals surface area contributed by atoms with Crippen LogP contribution in [0.5, 0.6) is 0 Å². The molecule has 1 aliphatic rings. The molecule has 0 aliphatic carbocycles. The summed E-state index contributed by atoms with van der Waals surface area (Å²) in [5.41, 5.74) is 0. The van der Waals surface area contributed by atoms with E-state index in [1.165, 1.54) is 0 Å². The van der Waals surface area contributed by atoms with E-state index in [2.05, 4.69) is 25.8 Å². The van der Waals surface area contributed by atoms with Gasteiger partial charge in [-0.3, -0.25) is 4.90 Å². The molecule has 0 radical (unpaired) electrons. The second-order valence-electron chi connectivity index (χ2n) is 3.40. The van der Waals surface area contributed by atoms with Crippen LogP contribution in [-0.2, 0) is 0 Å². The van der Waals surface area contributed by atoms with Crippen molar-refractivity contribution in [3.05, 3.63) is 0 Å². The number of likely N-dealkylation sites (tertiary alicyclic amines) is 1. The number of piperidine rings is 1. The van der Waals surface area contributed by atoms with Crippen LogP contribution in [0.1, 0.15) is 26.7 Å². The smallest absolute Gasteiger partial charge is 0.0693 e. The van der Waals surface area contributed by atoms with Gasteiger partial charge < -0.3 is 5.11 Å². The Morgan fingerprint density at radius 1 is 1.30 bits per heavy atom. The molecule has 0 saturated carbocycles. The number of aliphatic hydroxyl groups is 1. The molecule has 0 aromatic heterocycles. The van der Waals surface area contributed by atoms with E-state index < -0.39 is 0 Å². The normalized spacial score (nSPS) is 43.8. The first-order chi connectivity index (χ1) is 4.63. The molecule has 2 nitrogen and oxygen atoms in total. The Morgan fingerprint density at radius 3 is 2.40 bits per heavy atom. The van der Waals surface area contributed by atoms with Gasteiger partial charge in [-0.2, -0.15) is 0 Å². The van der Waals surface area contributed by atoms with Crippen molar-refractivity contribution in [2.75, 3.05) is 7.05 Å². The minimum Gasteiger partial charge on any atom is -0.392 e. The van der Waals surface area contributed by atoms with Crippen LogP contribution in [-0.4, -0.2) is 35.2 Å². The molecule has 2 heteroatoms. The van der Waals surface area contributed by atoms with Crippen molar-refractivity contribution in [3.63, 3.8) is 0 Å². The van der Waals surface area contributed by atoms with Crippen LogP contribution in [0.25, 0.3) is 0 Å². The number of rotatable bonds is 0. The zero-order valence-electron chi connectivity index (χ0n) is 7.04. The third-order valence-electron chi connectivity index (χ3n) is 2.77. The van der Waals surface area contributed by atoms with Crippen molar-refractivity contribution in [2.45, 2.75) is 44.9 Å². The summed E-state index contributed by atoms with van der Waals surface area (Å²) in [6, 6.07) is 0.974. The summed E-state index contributed by atoms with van der Waals surface area (Å²) >= 11 is 0. The predicted octanol–water partition coefficient (Wildman–Crippen LogP) is 0.850. The molecule has 3 atom stereocenters. The maximum atomic E-state index is 9.42. The Bertz CT molecular complexity index is 102. The molecular weight excluding hydrogens is 126 g/mol. The van der Waals surface area contributed by atoms with Gasteiger partial charge in [-0.1, -0.05) is 0 Å². The molecule has 0 spiro atoms. The summed E-state index contributed by atoms with van der Waals surface area (Å²) in [7, 11) is 2.08. The molecule has 0 aromatic rings. The minimum absolute atomic E-state index is 0.110. The maximum Gasteiger partial charge on any atom is 0.0693 e. The van der Waals surface area contributed by atoms with Crippen molar-refractivity contribution in [3.8, 4) is 0 Å². The Kier molecular flexibility index (Phi) is 2.32. The predicted molar refractivity (Wildman–Crippen MR) is 41.9 cm³/mol. The van der Waals surface area contributed by atoms with Gasteiger partial charge in [-0.15, -0.1) is 0 Å². The van der Waals surface area contributed by atoms with Crippen LogP contribution in [0.2, 0.25) is 0 Å². The number of aliphatic hydroxyl groups excluding tert-OH is 1. The second-order valence-corrected chi connectivity index (χ2v) is 3.40. The van der Waals surface area contributed by atoms with E-state index in [-0.39, 0.29) is 6.10 Å². The van der Waals surface area contributed by atoms with Crippen molar-refractivity contribution < 1.29 is 5.11 Å². The van der Waals surface area contributed by atoms with Crippen molar-refractivity contribution >= 4 is 0 Å². The summed E-state index contributed by atoms with van der Waals surface area (Å²) < 4.78 is 0. The minimum atomic E-state index is -0.110. The topological polar surface area (TPSA) is 23.5 Å². The first kappa shape index (κ1) is 8.02. The Balaban J connectivity index is 2.52. The zero-order valence-corrected chi connectivity index (χ0v) is 7.04. The van der Waals surface area contributed by atoms with Gasteiger partial charge >= 0.3 is 0 Å². The fourth-order valence-corrected chi connectivity index (χ4v) is 1.53. The SMILES string of the molecule is CC1CCC(O)C(C)N1C. The Hall–Kier alpha value is -0.0800. The average molecular weight is 143 g/mol. The van der Waals surface area contributed by atoms with Gasteiger partial charge in [0.05, 0.1) is 6.10 Å². The molecule has 1 aliphatic heterocycles. The summed E-state index contributed by atoms with van der Waals surface area (Å²) in [5.74, 6) is 0. The quantitative estimate of drug-likeness (QED) is 0.543. The van der Waals surface area contributed by atoms with E-state index in [0.29, 0.717) is 12.1 Å². The highest BCUT2D eigenvalue weighted by Gasteiger charge is 2.27. The Labute approximate surface area is 62.8 Å². The summed E-state index contributed by atoms with van der Waals surface area (Å²) in [6.07, 6.45) is 1.98. The van der Waals surface area contributed by atoms with Gasteiger partial charge in [0.25, 0.3) is 0 Å². The van der Waals surface area contributed by atoms with Crippen molar-refractivity contribution in [2.24, 2.45) is 0 Å². The molecule has 0 aromatic carbocycles. The first-order valence-corrected chi connectivity index (χ1v) is 4.03. The van der Waals surface area contributed by atoms with Gasteiger partial charge in [0, 0.05) is 12.1 Å². The molecule has 60 valence electrons. The number of likely N-dealkylation sites (N-methyl/N-ethyl adjacent to an activating group) is 1. The monoisotopic (exact) mass is 143 g/mol. The molecule has 3 unspecified atom stereocenters. The van der Waals surface area contributed by atoms with Gasteiger partial charge in [0.1, 0.15) is 0 Å². The van der Waals surface area contributed by atoms with Crippen LogP contribution in [0, 0.1) is 0 Å². The van der Waals surface area contributed by atoms with Crippen molar-refractivity contribution in [1.82, 2.24) is 4.90 Å². The molecule has 1 N–H and O–H groups in total. The van der Waals surface area contributed by atoms with E-state index >= 15 is 0 Å². The fraction of sp³-hybridized carbons (Fsp3) is 1.00. The molecule has 10 heavy (non-hydrogen) atoms. The number of nitrogens with zero attached hydrogens (tertiary/aromatic N) is 1. The highest BCUT2D eigenvalue weighted by Crippen LogP contribution is 2.20. The van der Waals surface area contributed by atoms with Gasteiger partial charge in [-0.05, 0) is 33.7 Å². The highest BCUT2D eigenvalue weighted by molar-refractivity contribution is 4.82. The van der Waals surface area contributed by atoms with E-state index in [4.69, 9.17) is 0 Å². The first-order valence-electron chi connectivity index (χ1n) is 4.03. The summed E-state index contributed by atoms with van der Waals surface area (Å²) in [4.78, 5) is 2.24. The lowest BCUT2D eigenvalue weighted by molar-refractivity contribution is 0.00760. The van der Waals surface area contributed by atoms with Gasteiger partial charge in [0.15, 0.2) is 0 Å². The van der Waals surface area contributed by atoms with Crippen LogP contribution in [0.4, 0.5) is 0 Å². The van der Waals surface area contributed by atoms with E-state index in [1.54, 1.807) is 0 Å². The molecule has 0 amide bonds. The van der Waals surface area contributed by atoms with E-state index in [0.717, 1.165) is 12.8 Å². The summed E-state index contributed by atoms with van der Waals surface area (Å²) in [5, 5.41) is 9.42. The molecule has 1 rings (SSSR count). The molecule has 1 saturated heterocycles. The molecular formula is C8H17NO. The highest BCUT2D eigenvalue weighted by atomic mass is 16.3. The van der Waals surface area contributed by atoms with Crippen LogP contribution in [0.3, 0.4) is 0 Å². The Morgan fingerprint density at radius 2 is 1.90 bits per heavy atom. The third-order valence-corrected chi connectivity index (χ3v) is 2.77. The second kappa shape index (κ2) is 2.89. The van der Waals surface area contributed by atoms with E-state index in [1.807, 2.05) is 0 Å².